The molecule has 1 heterocycles. The van der Waals surface area contributed by atoms with Crippen LogP contribution < -0.4 is 5.32 Å². The molecule has 10 heteroatoms. The highest BCUT2D eigenvalue weighted by molar-refractivity contribution is 7.18. The van der Waals surface area contributed by atoms with Crippen LogP contribution in [0.15, 0.2) is 30.3 Å². The van der Waals surface area contributed by atoms with Gasteiger partial charge in [0.25, 0.3) is 11.6 Å². The van der Waals surface area contributed by atoms with E-state index >= 15 is 0 Å². The van der Waals surface area contributed by atoms with E-state index in [0.717, 1.165) is 11.3 Å². The first kappa shape index (κ1) is 21.8. The summed E-state index contributed by atoms with van der Waals surface area (Å²) in [4.78, 5) is 48.8. The van der Waals surface area contributed by atoms with Gasteiger partial charge in [0.15, 0.2) is 0 Å². The van der Waals surface area contributed by atoms with E-state index in [0.29, 0.717) is 16.0 Å². The van der Waals surface area contributed by atoms with Crippen LogP contribution in [0.5, 0.6) is 0 Å². The fourth-order valence-corrected chi connectivity index (χ4v) is 3.64. The van der Waals surface area contributed by atoms with Gasteiger partial charge in [0, 0.05) is 32.3 Å². The fraction of sp³-hybridized carbons (Fsp3) is 0.211. The standard InChI is InChI=1S/C19H19N3O6S/c1-11-15(19(25)28-4)17(29-16(11)18(24)21(2)3)20-14(23)9-8-12-6-5-7-13(10-12)22(26)27/h5-10H,1-4H3,(H,20,23)/b9-8-. The van der Waals surface area contributed by atoms with Gasteiger partial charge in [-0.1, -0.05) is 12.1 Å². The zero-order valence-corrected chi connectivity index (χ0v) is 17.0. The number of amides is 2. The van der Waals surface area contributed by atoms with Gasteiger partial charge in [-0.25, -0.2) is 4.79 Å². The summed E-state index contributed by atoms with van der Waals surface area (Å²) in [7, 11) is 4.37. The number of hydrogen-bond donors (Lipinski definition) is 1. The molecule has 152 valence electrons. The molecule has 0 aliphatic carbocycles. The summed E-state index contributed by atoms with van der Waals surface area (Å²) in [6.07, 6.45) is 2.59. The van der Waals surface area contributed by atoms with Crippen LogP contribution in [0.3, 0.4) is 0 Å². The van der Waals surface area contributed by atoms with Crippen LogP contribution in [0, 0.1) is 17.0 Å². The molecule has 2 aromatic rings. The highest BCUT2D eigenvalue weighted by Crippen LogP contribution is 2.34. The van der Waals surface area contributed by atoms with Crippen LogP contribution in [-0.2, 0) is 9.53 Å². The third kappa shape index (κ3) is 5.05. The molecule has 0 saturated heterocycles. The topological polar surface area (TPSA) is 119 Å². The van der Waals surface area contributed by atoms with Crippen molar-refractivity contribution in [3.63, 3.8) is 0 Å². The van der Waals surface area contributed by atoms with Crippen LogP contribution in [-0.4, -0.2) is 48.8 Å². The Bertz CT molecular complexity index is 1010. The van der Waals surface area contributed by atoms with Crippen molar-refractivity contribution < 1.29 is 24.0 Å². The van der Waals surface area contributed by atoms with Gasteiger partial charge in [-0.2, -0.15) is 0 Å². The molecule has 0 unspecified atom stereocenters. The second-order valence-electron chi connectivity index (χ2n) is 6.13. The SMILES string of the molecule is COC(=O)c1c(NC(=O)/C=C\c2cccc([N+](=O)[O-])c2)sc(C(=O)N(C)C)c1C. The van der Waals surface area contributed by atoms with Crippen molar-refractivity contribution in [1.29, 1.82) is 0 Å². The molecule has 1 aromatic heterocycles. The van der Waals surface area contributed by atoms with Crippen molar-refractivity contribution in [2.75, 3.05) is 26.5 Å². The van der Waals surface area contributed by atoms with Crippen molar-refractivity contribution in [1.82, 2.24) is 4.90 Å². The van der Waals surface area contributed by atoms with Crippen LogP contribution in [0.1, 0.15) is 31.2 Å². The Morgan fingerprint density at radius 3 is 2.55 bits per heavy atom. The molecule has 0 spiro atoms. The second kappa shape index (κ2) is 9.11. The summed E-state index contributed by atoms with van der Waals surface area (Å²) in [6, 6.07) is 5.79. The molecular weight excluding hydrogens is 398 g/mol. The molecule has 0 bridgehead atoms. The summed E-state index contributed by atoms with van der Waals surface area (Å²) in [5.74, 6) is -1.54. The minimum Gasteiger partial charge on any atom is -0.465 e. The van der Waals surface area contributed by atoms with Gasteiger partial charge in [0.1, 0.15) is 5.00 Å². The Morgan fingerprint density at radius 2 is 1.97 bits per heavy atom. The van der Waals surface area contributed by atoms with Gasteiger partial charge in [-0.15, -0.1) is 11.3 Å². The van der Waals surface area contributed by atoms with E-state index < -0.39 is 16.8 Å². The summed E-state index contributed by atoms with van der Waals surface area (Å²) in [6.45, 7) is 1.61. The number of carbonyl (C=O) groups is 3. The number of nitro benzene ring substituents is 1. The average Bonchev–Trinajstić information content (AvgIpc) is 3.00. The number of hydrogen-bond acceptors (Lipinski definition) is 7. The number of anilines is 1. The van der Waals surface area contributed by atoms with E-state index in [1.54, 1.807) is 27.1 Å². The first-order valence-electron chi connectivity index (χ1n) is 8.32. The molecule has 0 saturated carbocycles. The molecule has 0 fully saturated rings. The highest BCUT2D eigenvalue weighted by Gasteiger charge is 2.26. The van der Waals surface area contributed by atoms with E-state index in [4.69, 9.17) is 4.74 Å². The number of rotatable bonds is 6. The molecule has 1 N–H and O–H groups in total. The van der Waals surface area contributed by atoms with Gasteiger partial charge in [0.2, 0.25) is 5.91 Å². The maximum absolute atomic E-state index is 12.3. The van der Waals surface area contributed by atoms with Gasteiger partial charge >= 0.3 is 5.97 Å². The van der Waals surface area contributed by atoms with Crippen molar-refractivity contribution in [2.24, 2.45) is 0 Å². The molecular formula is C19H19N3O6S. The highest BCUT2D eigenvalue weighted by atomic mass is 32.1. The first-order valence-corrected chi connectivity index (χ1v) is 9.14. The van der Waals surface area contributed by atoms with Crippen LogP contribution in [0.25, 0.3) is 6.08 Å². The van der Waals surface area contributed by atoms with Crippen LogP contribution >= 0.6 is 11.3 Å². The van der Waals surface area contributed by atoms with E-state index in [-0.39, 0.29) is 22.2 Å². The van der Waals surface area contributed by atoms with Crippen molar-refractivity contribution in [3.05, 3.63) is 62.0 Å². The van der Waals surface area contributed by atoms with Gasteiger partial charge in [-0.05, 0) is 24.1 Å². The number of ether oxygens (including phenoxy) is 1. The number of nitrogens with zero attached hydrogens (tertiary/aromatic N) is 2. The third-order valence-electron chi connectivity index (χ3n) is 3.88. The normalized spacial score (nSPS) is 10.6. The zero-order valence-electron chi connectivity index (χ0n) is 16.2. The molecule has 1 aromatic carbocycles. The minimum atomic E-state index is -0.672. The van der Waals surface area contributed by atoms with Crippen LogP contribution in [0.2, 0.25) is 0 Å². The lowest BCUT2D eigenvalue weighted by Crippen LogP contribution is -2.21. The first-order chi connectivity index (χ1) is 13.6. The summed E-state index contributed by atoms with van der Waals surface area (Å²) >= 11 is 0.975. The van der Waals surface area contributed by atoms with Crippen LogP contribution in [0.4, 0.5) is 10.7 Å². The molecule has 0 atom stereocenters. The number of esters is 1. The summed E-state index contributed by atoms with van der Waals surface area (Å²) in [5.41, 5.74) is 0.896. The van der Waals surface area contributed by atoms with Gasteiger partial charge in [-0.3, -0.25) is 19.7 Å². The number of benzene rings is 1. The Labute approximate surface area is 170 Å². The van der Waals surface area contributed by atoms with Gasteiger partial charge < -0.3 is 15.0 Å². The lowest BCUT2D eigenvalue weighted by atomic mass is 10.1. The van der Waals surface area contributed by atoms with E-state index in [2.05, 4.69) is 5.32 Å². The third-order valence-corrected chi connectivity index (χ3v) is 5.08. The predicted octanol–water partition coefficient (Wildman–Crippen LogP) is 3.11. The number of methoxy groups -OCH3 is 1. The summed E-state index contributed by atoms with van der Waals surface area (Å²) in [5, 5.41) is 13.6. The van der Waals surface area contributed by atoms with Crippen molar-refractivity contribution in [2.45, 2.75) is 6.92 Å². The largest absolute Gasteiger partial charge is 0.465 e. The molecule has 0 aliphatic rings. The number of non-ortho nitro benzene ring substituents is 1. The van der Waals surface area contributed by atoms with Gasteiger partial charge in [0.05, 0.1) is 22.5 Å². The molecule has 2 amide bonds. The van der Waals surface area contributed by atoms with Crippen molar-refractivity contribution in [3.8, 4) is 0 Å². The molecule has 0 radical (unpaired) electrons. The van der Waals surface area contributed by atoms with E-state index in [9.17, 15) is 24.5 Å². The average molecular weight is 417 g/mol. The number of nitro groups is 1. The number of carbonyl (C=O) groups excluding carboxylic acids is 3. The zero-order chi connectivity index (χ0) is 21.7. The number of thiophene rings is 1. The molecule has 29 heavy (non-hydrogen) atoms. The molecule has 0 aliphatic heterocycles. The lowest BCUT2D eigenvalue weighted by Gasteiger charge is -2.08. The molecule has 2 rings (SSSR count). The monoisotopic (exact) mass is 417 g/mol. The Kier molecular flexibility index (Phi) is 6.84. The quantitative estimate of drug-likeness (QED) is 0.334. The second-order valence-corrected chi connectivity index (χ2v) is 7.15. The Balaban J connectivity index is 2.30. The minimum absolute atomic E-state index is 0.0961. The predicted molar refractivity (Wildman–Crippen MR) is 109 cm³/mol. The Morgan fingerprint density at radius 1 is 1.28 bits per heavy atom. The number of nitrogens with one attached hydrogen (secondary N) is 1. The Hall–Kier alpha value is -3.53. The maximum Gasteiger partial charge on any atom is 0.341 e. The molecule has 9 nitrogen and oxygen atoms in total. The fourth-order valence-electron chi connectivity index (χ4n) is 2.42. The maximum atomic E-state index is 12.3. The van der Waals surface area contributed by atoms with Crippen molar-refractivity contribution >= 4 is 45.9 Å². The van der Waals surface area contributed by atoms with E-state index in [1.165, 1.54) is 42.4 Å². The van der Waals surface area contributed by atoms with E-state index in [1.807, 2.05) is 0 Å². The lowest BCUT2D eigenvalue weighted by molar-refractivity contribution is -0.384. The summed E-state index contributed by atoms with van der Waals surface area (Å²) < 4.78 is 4.77. The smallest absolute Gasteiger partial charge is 0.341 e.